The van der Waals surface area contributed by atoms with Crippen LogP contribution in [0.4, 0.5) is 5.82 Å². The van der Waals surface area contributed by atoms with Crippen molar-refractivity contribution in [1.82, 2.24) is 20.1 Å². The number of nitrogen functional groups attached to an aromatic ring is 1. The van der Waals surface area contributed by atoms with E-state index in [0.717, 1.165) is 11.1 Å². The number of aryl methyl sites for hydroxylation is 1. The van der Waals surface area contributed by atoms with Gasteiger partial charge in [0.2, 0.25) is 0 Å². The topological polar surface area (TPSA) is 85.8 Å². The summed E-state index contributed by atoms with van der Waals surface area (Å²) < 4.78 is 1.67. The number of amides is 1. The highest BCUT2D eigenvalue weighted by Gasteiger charge is 2.25. The Morgan fingerprint density at radius 3 is 3.06 bits per heavy atom. The van der Waals surface area contributed by atoms with Gasteiger partial charge in [-0.3, -0.25) is 9.48 Å². The van der Waals surface area contributed by atoms with Gasteiger partial charge in [0, 0.05) is 25.4 Å². The predicted molar refractivity (Wildman–Crippen MR) is 62.0 cm³/mol. The maximum atomic E-state index is 11.8. The molecule has 0 bridgehead atoms. The number of nitrogens with zero attached hydrogens (tertiary/aromatic N) is 3. The molecule has 0 fully saturated rings. The quantitative estimate of drug-likeness (QED) is 0.736. The zero-order valence-corrected chi connectivity index (χ0v) is 9.27. The maximum Gasteiger partial charge on any atom is 0.254 e. The Kier molecular flexibility index (Phi) is 1.91. The molecule has 2 aromatic heterocycles. The van der Waals surface area contributed by atoms with Gasteiger partial charge in [0.25, 0.3) is 5.91 Å². The van der Waals surface area contributed by atoms with Gasteiger partial charge in [0.15, 0.2) is 0 Å². The molecule has 0 saturated heterocycles. The van der Waals surface area contributed by atoms with E-state index in [9.17, 15) is 4.79 Å². The number of fused-ring (bicyclic) bond motifs is 1. The van der Waals surface area contributed by atoms with Crippen LogP contribution >= 0.6 is 0 Å². The van der Waals surface area contributed by atoms with Crippen LogP contribution in [-0.2, 0) is 13.6 Å². The molecule has 0 saturated carbocycles. The van der Waals surface area contributed by atoms with Crippen LogP contribution in [0.5, 0.6) is 0 Å². The lowest BCUT2D eigenvalue weighted by atomic mass is 10.1. The zero-order valence-electron chi connectivity index (χ0n) is 9.27. The molecule has 6 heteroatoms. The van der Waals surface area contributed by atoms with Gasteiger partial charge in [-0.05, 0) is 11.6 Å². The molecule has 0 unspecified atom stereocenters. The summed E-state index contributed by atoms with van der Waals surface area (Å²) in [5.41, 5.74) is 8.64. The Labute approximate surface area is 97.5 Å². The molecule has 1 amide bonds. The van der Waals surface area contributed by atoms with Gasteiger partial charge in [-0.2, -0.15) is 5.10 Å². The summed E-state index contributed by atoms with van der Waals surface area (Å²) in [4.78, 5) is 16.0. The molecule has 0 aromatic carbocycles. The molecule has 0 atom stereocenters. The number of aromatic nitrogens is 3. The second-order valence-electron chi connectivity index (χ2n) is 4.02. The number of pyridine rings is 1. The third-order valence-electron chi connectivity index (χ3n) is 2.77. The van der Waals surface area contributed by atoms with E-state index in [1.165, 1.54) is 0 Å². The van der Waals surface area contributed by atoms with Gasteiger partial charge in [0.05, 0.1) is 17.5 Å². The summed E-state index contributed by atoms with van der Waals surface area (Å²) in [6, 6.07) is 1.73. The van der Waals surface area contributed by atoms with Crippen LogP contribution in [0.1, 0.15) is 15.9 Å². The fraction of sp³-hybridized carbons (Fsp3) is 0.182. The van der Waals surface area contributed by atoms with E-state index in [4.69, 9.17) is 5.73 Å². The Morgan fingerprint density at radius 2 is 2.35 bits per heavy atom. The van der Waals surface area contributed by atoms with Gasteiger partial charge >= 0.3 is 0 Å². The average molecular weight is 229 g/mol. The zero-order chi connectivity index (χ0) is 12.0. The Morgan fingerprint density at radius 1 is 1.53 bits per heavy atom. The monoisotopic (exact) mass is 229 g/mol. The molecule has 3 heterocycles. The van der Waals surface area contributed by atoms with Crippen LogP contribution in [0.15, 0.2) is 18.5 Å². The van der Waals surface area contributed by atoms with E-state index < -0.39 is 0 Å². The highest BCUT2D eigenvalue weighted by molar-refractivity contribution is 6.03. The van der Waals surface area contributed by atoms with Crippen LogP contribution in [0.3, 0.4) is 0 Å². The summed E-state index contributed by atoms with van der Waals surface area (Å²) >= 11 is 0. The summed E-state index contributed by atoms with van der Waals surface area (Å²) in [6.45, 7) is 0.508. The first-order valence-corrected chi connectivity index (χ1v) is 5.22. The molecule has 3 N–H and O–H groups in total. The Bertz CT molecular complexity index is 616. The van der Waals surface area contributed by atoms with E-state index in [-0.39, 0.29) is 5.91 Å². The normalized spacial score (nSPS) is 13.6. The minimum absolute atomic E-state index is 0.105. The van der Waals surface area contributed by atoms with Crippen molar-refractivity contribution in [3.8, 4) is 11.3 Å². The van der Waals surface area contributed by atoms with Crippen molar-refractivity contribution in [3.05, 3.63) is 29.6 Å². The molecule has 3 rings (SSSR count). The first kappa shape index (κ1) is 9.83. The van der Waals surface area contributed by atoms with E-state index in [1.54, 1.807) is 16.9 Å². The van der Waals surface area contributed by atoms with Gasteiger partial charge < -0.3 is 11.1 Å². The summed E-state index contributed by atoms with van der Waals surface area (Å²) in [6.07, 6.45) is 3.49. The first-order chi connectivity index (χ1) is 8.15. The van der Waals surface area contributed by atoms with Crippen molar-refractivity contribution in [3.63, 3.8) is 0 Å². The first-order valence-electron chi connectivity index (χ1n) is 5.22. The van der Waals surface area contributed by atoms with E-state index in [1.807, 2.05) is 13.2 Å². The van der Waals surface area contributed by atoms with E-state index in [2.05, 4.69) is 15.4 Å². The molecule has 86 valence electrons. The van der Waals surface area contributed by atoms with Crippen LogP contribution in [-0.4, -0.2) is 20.7 Å². The third-order valence-corrected chi connectivity index (χ3v) is 2.77. The smallest absolute Gasteiger partial charge is 0.254 e. The molecule has 0 spiro atoms. The lowest BCUT2D eigenvalue weighted by molar-refractivity contribution is 0.0966. The van der Waals surface area contributed by atoms with Crippen molar-refractivity contribution < 1.29 is 4.79 Å². The van der Waals surface area contributed by atoms with E-state index in [0.29, 0.717) is 23.6 Å². The molecule has 0 aliphatic carbocycles. The van der Waals surface area contributed by atoms with Crippen LogP contribution in [0.2, 0.25) is 0 Å². The largest absolute Gasteiger partial charge is 0.384 e. The van der Waals surface area contributed by atoms with Gasteiger partial charge in [-0.15, -0.1) is 0 Å². The number of carbonyl (C=O) groups is 1. The summed E-state index contributed by atoms with van der Waals surface area (Å²) in [5.74, 6) is 0.311. The van der Waals surface area contributed by atoms with Crippen molar-refractivity contribution >= 4 is 11.7 Å². The highest BCUT2D eigenvalue weighted by atomic mass is 16.1. The second kappa shape index (κ2) is 3.31. The molecular weight excluding hydrogens is 218 g/mol. The maximum absolute atomic E-state index is 11.8. The fourth-order valence-electron chi connectivity index (χ4n) is 2.03. The molecular formula is C11H11N5O. The van der Waals surface area contributed by atoms with Gasteiger partial charge in [0.1, 0.15) is 5.82 Å². The lowest BCUT2D eigenvalue weighted by Gasteiger charge is -2.04. The van der Waals surface area contributed by atoms with Crippen LogP contribution in [0, 0.1) is 0 Å². The number of anilines is 1. The minimum atomic E-state index is -0.105. The molecule has 0 radical (unpaired) electrons. The second-order valence-corrected chi connectivity index (χ2v) is 4.02. The number of hydrogen-bond donors (Lipinski definition) is 2. The predicted octanol–water partition coefficient (Wildman–Crippen LogP) is 0.308. The Balaban J connectivity index is 2.26. The summed E-state index contributed by atoms with van der Waals surface area (Å²) in [5, 5.41) is 6.84. The van der Waals surface area contributed by atoms with Crippen LogP contribution < -0.4 is 11.1 Å². The highest BCUT2D eigenvalue weighted by Crippen LogP contribution is 2.28. The molecule has 17 heavy (non-hydrogen) atoms. The minimum Gasteiger partial charge on any atom is -0.384 e. The van der Waals surface area contributed by atoms with Crippen molar-refractivity contribution in [2.24, 2.45) is 7.05 Å². The number of carbonyl (C=O) groups excluding carboxylic acids is 1. The summed E-state index contributed by atoms with van der Waals surface area (Å²) in [7, 11) is 1.82. The molecule has 1 aliphatic heterocycles. The number of nitrogens with two attached hydrogens (primary N) is 1. The van der Waals surface area contributed by atoms with Crippen molar-refractivity contribution in [2.75, 3.05) is 5.73 Å². The van der Waals surface area contributed by atoms with Crippen molar-refractivity contribution in [2.45, 2.75) is 6.54 Å². The molecule has 6 nitrogen and oxygen atoms in total. The number of rotatable bonds is 1. The standard InChI is InChI=1S/C11H11N5O/c1-16-5-7(4-14-16)10-9-6(2-8(12)15-10)3-13-11(9)17/h2,4-5H,3H2,1H3,(H2,12,15)(H,13,17). The Hall–Kier alpha value is -2.37. The van der Waals surface area contributed by atoms with Crippen LogP contribution in [0.25, 0.3) is 11.3 Å². The molecule has 2 aromatic rings. The third kappa shape index (κ3) is 1.45. The van der Waals surface area contributed by atoms with Gasteiger partial charge in [-0.1, -0.05) is 0 Å². The fourth-order valence-corrected chi connectivity index (χ4v) is 2.03. The number of nitrogens with one attached hydrogen (secondary N) is 1. The molecule has 1 aliphatic rings. The van der Waals surface area contributed by atoms with Gasteiger partial charge in [-0.25, -0.2) is 4.98 Å². The number of hydrogen-bond acceptors (Lipinski definition) is 4. The SMILES string of the molecule is Cn1cc(-c2nc(N)cc3c2C(=O)NC3)cn1. The lowest BCUT2D eigenvalue weighted by Crippen LogP contribution is -2.13. The average Bonchev–Trinajstić information content (AvgIpc) is 2.85. The van der Waals surface area contributed by atoms with Crippen molar-refractivity contribution in [1.29, 1.82) is 0 Å². The van der Waals surface area contributed by atoms with E-state index >= 15 is 0 Å².